The molecule has 0 saturated carbocycles. The highest BCUT2D eigenvalue weighted by Gasteiger charge is 2.23. The van der Waals surface area contributed by atoms with E-state index in [4.69, 9.17) is 0 Å². The van der Waals surface area contributed by atoms with Gasteiger partial charge < -0.3 is 20.2 Å². The Morgan fingerprint density at radius 2 is 2.17 bits per heavy atom. The number of methoxy groups -OCH3 is 1. The fourth-order valence-corrected chi connectivity index (χ4v) is 2.84. The molecule has 8 nitrogen and oxygen atoms in total. The van der Waals surface area contributed by atoms with E-state index in [0.717, 1.165) is 5.56 Å². The lowest BCUT2D eigenvalue weighted by atomic mass is 10.1. The molecule has 0 radical (unpaired) electrons. The predicted molar refractivity (Wildman–Crippen MR) is 84.8 cm³/mol. The van der Waals surface area contributed by atoms with Crippen LogP contribution in [0.15, 0.2) is 35.8 Å². The summed E-state index contributed by atoms with van der Waals surface area (Å²) in [6.07, 6.45) is 1.61. The molecule has 118 valence electrons. The number of esters is 1. The average Bonchev–Trinajstić information content (AvgIpc) is 3.12. The predicted octanol–water partition coefficient (Wildman–Crippen LogP) is 2.70. The van der Waals surface area contributed by atoms with Gasteiger partial charge in [0.1, 0.15) is 6.20 Å². The number of anilines is 1. The quantitative estimate of drug-likeness (QED) is 0.438. The fourth-order valence-electron chi connectivity index (χ4n) is 2.13. The van der Waals surface area contributed by atoms with Crippen molar-refractivity contribution < 1.29 is 14.5 Å². The third-order valence-corrected chi connectivity index (χ3v) is 4.00. The molecule has 0 saturated heterocycles. The number of hydrogen-bond acceptors (Lipinski definition) is 7. The molecular formula is C14H12N4O4S. The number of aromatic nitrogens is 2. The van der Waals surface area contributed by atoms with Crippen LogP contribution >= 0.6 is 11.3 Å². The first-order valence-electron chi connectivity index (χ1n) is 6.61. The number of carbonyl (C=O) groups excluding carboxylic acids is 1. The van der Waals surface area contributed by atoms with Gasteiger partial charge in [-0.1, -0.05) is 23.5 Å². The number of imidazole rings is 1. The Morgan fingerprint density at radius 3 is 2.83 bits per heavy atom. The molecule has 0 aliphatic heterocycles. The van der Waals surface area contributed by atoms with Crippen molar-refractivity contribution in [3.05, 3.63) is 57.1 Å². The third kappa shape index (κ3) is 2.86. The number of carbonyl (C=O) groups is 1. The molecule has 0 fully saturated rings. The number of nitrogens with one attached hydrogen (secondary N) is 1. The third-order valence-electron chi connectivity index (χ3n) is 3.24. The van der Waals surface area contributed by atoms with Crippen LogP contribution in [-0.4, -0.2) is 27.4 Å². The van der Waals surface area contributed by atoms with Crippen molar-refractivity contribution in [3.63, 3.8) is 0 Å². The molecule has 9 heteroatoms. The lowest BCUT2D eigenvalue weighted by Crippen LogP contribution is -2.04. The van der Waals surface area contributed by atoms with Crippen LogP contribution in [0.4, 0.5) is 11.6 Å². The van der Waals surface area contributed by atoms with Gasteiger partial charge in [0.05, 0.1) is 12.7 Å². The number of ether oxygens (including phenoxy) is 1. The number of nitro groups is 1. The summed E-state index contributed by atoms with van der Waals surface area (Å²) in [6, 6.07) is 6.79. The molecular weight excluding hydrogens is 320 g/mol. The fraction of sp³-hybridized carbons (Fsp3) is 0.143. The number of thiazole rings is 1. The summed E-state index contributed by atoms with van der Waals surface area (Å²) in [4.78, 5) is 26.9. The molecule has 1 N–H and O–H groups in total. The summed E-state index contributed by atoms with van der Waals surface area (Å²) in [5, 5.41) is 15.9. The van der Waals surface area contributed by atoms with Gasteiger partial charge in [0, 0.05) is 11.9 Å². The first kappa shape index (κ1) is 15.0. The number of hydrogen-bond donors (Lipinski definition) is 1. The van der Waals surface area contributed by atoms with Crippen LogP contribution in [0.1, 0.15) is 15.9 Å². The van der Waals surface area contributed by atoms with Gasteiger partial charge in [0.2, 0.25) is 5.82 Å². The maximum atomic E-state index is 11.4. The van der Waals surface area contributed by atoms with Gasteiger partial charge in [0.25, 0.3) is 4.96 Å². The van der Waals surface area contributed by atoms with E-state index in [1.807, 2.05) is 0 Å². The van der Waals surface area contributed by atoms with Crippen molar-refractivity contribution in [1.29, 1.82) is 0 Å². The van der Waals surface area contributed by atoms with Gasteiger partial charge in [0.15, 0.2) is 0 Å². The minimum Gasteiger partial charge on any atom is -0.465 e. The normalized spacial score (nSPS) is 10.7. The zero-order valence-electron chi connectivity index (χ0n) is 12.1. The summed E-state index contributed by atoms with van der Waals surface area (Å²) in [6.45, 7) is 0.354. The van der Waals surface area contributed by atoms with Crippen LogP contribution in [0.3, 0.4) is 0 Å². The molecule has 0 atom stereocenters. The molecule has 0 amide bonds. The number of benzene rings is 1. The number of fused-ring (bicyclic) bond motifs is 1. The van der Waals surface area contributed by atoms with E-state index < -0.39 is 10.9 Å². The van der Waals surface area contributed by atoms with Gasteiger partial charge in [-0.2, -0.15) is 9.38 Å². The van der Waals surface area contributed by atoms with Crippen molar-refractivity contribution in [3.8, 4) is 0 Å². The molecule has 2 heterocycles. The topological polar surface area (TPSA) is 98.8 Å². The first-order chi connectivity index (χ1) is 11.1. The minimum atomic E-state index is -0.463. The maximum absolute atomic E-state index is 11.4. The standard InChI is InChI=1S/C14H12N4O4S/c1-22-13(19)10-4-2-9(3-5-10)8-15-11-12(18(20)21)17-6-7-23-14(17)16-11/h2-7,15H,8H2,1H3. The van der Waals surface area contributed by atoms with Crippen molar-refractivity contribution in [2.24, 2.45) is 0 Å². The van der Waals surface area contributed by atoms with Crippen molar-refractivity contribution in [1.82, 2.24) is 9.38 Å². The first-order valence-corrected chi connectivity index (χ1v) is 7.49. The molecule has 3 rings (SSSR count). The summed E-state index contributed by atoms with van der Waals surface area (Å²) < 4.78 is 6.07. The van der Waals surface area contributed by atoms with E-state index in [2.05, 4.69) is 15.0 Å². The molecule has 23 heavy (non-hydrogen) atoms. The van der Waals surface area contributed by atoms with Gasteiger partial charge in [-0.25, -0.2) is 4.79 Å². The second-order valence-electron chi connectivity index (χ2n) is 4.64. The largest absolute Gasteiger partial charge is 0.465 e. The van der Waals surface area contributed by atoms with Crippen LogP contribution < -0.4 is 5.32 Å². The van der Waals surface area contributed by atoms with Crippen LogP contribution in [-0.2, 0) is 11.3 Å². The smallest absolute Gasteiger partial charge is 0.372 e. The monoisotopic (exact) mass is 332 g/mol. The number of rotatable bonds is 5. The van der Waals surface area contributed by atoms with Crippen LogP contribution in [0, 0.1) is 10.1 Å². The van der Waals surface area contributed by atoms with E-state index in [-0.39, 0.29) is 11.6 Å². The van der Waals surface area contributed by atoms with Gasteiger partial charge in [-0.3, -0.25) is 0 Å². The average molecular weight is 332 g/mol. The molecule has 0 unspecified atom stereocenters. The zero-order valence-corrected chi connectivity index (χ0v) is 12.9. The Kier molecular flexibility index (Phi) is 3.94. The van der Waals surface area contributed by atoms with Crippen LogP contribution in [0.5, 0.6) is 0 Å². The Morgan fingerprint density at radius 1 is 1.43 bits per heavy atom. The minimum absolute atomic E-state index is 0.0903. The van der Waals surface area contributed by atoms with Gasteiger partial charge in [-0.05, 0) is 22.6 Å². The Labute approximate surface area is 134 Å². The molecule has 0 spiro atoms. The molecule has 2 aromatic heterocycles. The SMILES string of the molecule is COC(=O)c1ccc(CNc2nc3sccn3c2[N+](=O)[O-])cc1. The molecule has 0 aliphatic rings. The Hall–Kier alpha value is -2.94. The Bertz CT molecular complexity index is 869. The molecule has 1 aromatic carbocycles. The second kappa shape index (κ2) is 6.05. The van der Waals surface area contributed by atoms with Crippen molar-refractivity contribution in [2.45, 2.75) is 6.54 Å². The van der Waals surface area contributed by atoms with Crippen LogP contribution in [0.25, 0.3) is 4.96 Å². The van der Waals surface area contributed by atoms with Gasteiger partial charge >= 0.3 is 11.8 Å². The Balaban J connectivity index is 1.78. The zero-order chi connectivity index (χ0) is 16.4. The highest BCUT2D eigenvalue weighted by molar-refractivity contribution is 7.15. The van der Waals surface area contributed by atoms with E-state index in [0.29, 0.717) is 17.1 Å². The summed E-state index contributed by atoms with van der Waals surface area (Å²) in [7, 11) is 1.32. The van der Waals surface area contributed by atoms with E-state index in [1.165, 1.54) is 22.8 Å². The van der Waals surface area contributed by atoms with E-state index >= 15 is 0 Å². The van der Waals surface area contributed by atoms with Gasteiger partial charge in [-0.15, -0.1) is 0 Å². The van der Waals surface area contributed by atoms with E-state index in [1.54, 1.807) is 35.8 Å². The van der Waals surface area contributed by atoms with Crippen molar-refractivity contribution in [2.75, 3.05) is 12.4 Å². The molecule has 0 aliphatic carbocycles. The molecule has 3 aromatic rings. The highest BCUT2D eigenvalue weighted by Crippen LogP contribution is 2.28. The maximum Gasteiger partial charge on any atom is 0.372 e. The lowest BCUT2D eigenvalue weighted by Gasteiger charge is -2.05. The van der Waals surface area contributed by atoms with Crippen LogP contribution in [0.2, 0.25) is 0 Å². The van der Waals surface area contributed by atoms with Crippen molar-refractivity contribution >= 4 is 33.9 Å². The number of nitrogens with zero attached hydrogens (tertiary/aromatic N) is 3. The summed E-state index contributed by atoms with van der Waals surface area (Å²) >= 11 is 1.33. The summed E-state index contributed by atoms with van der Waals surface area (Å²) in [5.41, 5.74) is 1.31. The molecule has 0 bridgehead atoms. The highest BCUT2D eigenvalue weighted by atomic mass is 32.1. The summed E-state index contributed by atoms with van der Waals surface area (Å²) in [5.74, 6) is -0.277. The lowest BCUT2D eigenvalue weighted by molar-refractivity contribution is -0.389. The van der Waals surface area contributed by atoms with E-state index in [9.17, 15) is 14.9 Å². The second-order valence-corrected chi connectivity index (χ2v) is 5.51.